The summed E-state index contributed by atoms with van der Waals surface area (Å²) in [4.78, 5) is 26.6. The first-order chi connectivity index (χ1) is 16.6. The van der Waals surface area contributed by atoms with Crippen LogP contribution >= 0.6 is 0 Å². The third kappa shape index (κ3) is 2.21. The van der Waals surface area contributed by atoms with E-state index < -0.39 is 58.9 Å². The molecule has 35 heavy (non-hydrogen) atoms. The Hall–Kier alpha value is -1.36. The van der Waals surface area contributed by atoms with Gasteiger partial charge in [-0.3, -0.25) is 9.53 Å². The first-order valence-electron chi connectivity index (χ1n) is 13.0. The van der Waals surface area contributed by atoms with Crippen molar-refractivity contribution in [1.29, 1.82) is 0 Å². The summed E-state index contributed by atoms with van der Waals surface area (Å²) in [7, 11) is 0. The van der Waals surface area contributed by atoms with E-state index in [2.05, 4.69) is 13.0 Å². The molecule has 3 saturated carbocycles. The second kappa shape index (κ2) is 6.74. The summed E-state index contributed by atoms with van der Waals surface area (Å²) in [5.74, 6) is -2.29. The van der Waals surface area contributed by atoms with Crippen LogP contribution in [-0.2, 0) is 28.5 Å². The van der Waals surface area contributed by atoms with Gasteiger partial charge in [-0.05, 0) is 48.9 Å². The maximum atomic E-state index is 13.5. The minimum atomic E-state index is -1.81. The van der Waals surface area contributed by atoms with Crippen LogP contribution in [0.1, 0.15) is 46.5 Å². The predicted molar refractivity (Wildman–Crippen MR) is 117 cm³/mol. The third-order valence-electron chi connectivity index (χ3n) is 11.1. The minimum Gasteiger partial charge on any atom is -0.481 e. The molecule has 4 aliphatic carbocycles. The fraction of sp³-hybridized carbons (Fsp3) is 0.846. The van der Waals surface area contributed by atoms with E-state index in [0.717, 1.165) is 24.7 Å². The molecule has 0 aromatic heterocycles. The molecule has 0 aromatic rings. The van der Waals surface area contributed by atoms with Crippen LogP contribution in [0.15, 0.2) is 11.6 Å². The number of ether oxygens (including phenoxy) is 4. The average Bonchev–Trinajstić information content (AvgIpc) is 3.54. The number of carboxylic acid groups (broad SMARTS) is 1. The molecule has 3 N–H and O–H groups in total. The van der Waals surface area contributed by atoms with Crippen LogP contribution in [0.25, 0.3) is 0 Å². The molecule has 8 rings (SSSR count). The standard InChI is InChI=1S/C26H34O9/c1-11(2)16-6-13-7-23(9-27)15-5-4-12(3)14(15)8-24(13,25(16,23)22(30)31)10-32-26-20(29)18-17(28)19(34-26)21(33-18)35-26/h6,9,11-15,17-21,28-29H,4-5,7-8,10H2,1-3H3,(H,30,31). The maximum Gasteiger partial charge on any atom is 0.316 e. The van der Waals surface area contributed by atoms with Crippen LogP contribution in [0, 0.1) is 45.8 Å². The van der Waals surface area contributed by atoms with Crippen molar-refractivity contribution >= 4 is 12.3 Å². The van der Waals surface area contributed by atoms with Crippen molar-refractivity contribution in [3.8, 4) is 0 Å². The van der Waals surface area contributed by atoms with Gasteiger partial charge in [-0.1, -0.05) is 38.8 Å². The van der Waals surface area contributed by atoms with E-state index in [9.17, 15) is 24.9 Å². The van der Waals surface area contributed by atoms with Gasteiger partial charge in [0.25, 0.3) is 0 Å². The van der Waals surface area contributed by atoms with E-state index in [4.69, 9.17) is 18.9 Å². The Balaban J connectivity index is 1.34. The molecule has 0 aromatic carbocycles. The number of rotatable bonds is 6. The number of hydrogen-bond acceptors (Lipinski definition) is 8. The number of carboxylic acids is 1. The second-order valence-electron chi connectivity index (χ2n) is 12.5. The lowest BCUT2D eigenvalue weighted by molar-refractivity contribution is -0.447. The van der Waals surface area contributed by atoms with Crippen LogP contribution in [0.3, 0.4) is 0 Å². The van der Waals surface area contributed by atoms with Crippen molar-refractivity contribution in [1.82, 2.24) is 0 Å². The smallest absolute Gasteiger partial charge is 0.316 e. The summed E-state index contributed by atoms with van der Waals surface area (Å²) in [6.07, 6.45) is 1.19. The fourth-order valence-corrected chi connectivity index (χ4v) is 9.88. The van der Waals surface area contributed by atoms with Gasteiger partial charge in [-0.15, -0.1) is 0 Å². The lowest BCUT2D eigenvalue weighted by Gasteiger charge is -2.58. The molecule has 13 unspecified atom stereocenters. The van der Waals surface area contributed by atoms with E-state index in [0.29, 0.717) is 18.8 Å². The normalized spacial score (nSPS) is 58.8. The molecule has 0 amide bonds. The number of carbonyl (C=O) groups excluding carboxylic acids is 1. The molecular weight excluding hydrogens is 456 g/mol. The molecule has 4 aliphatic heterocycles. The summed E-state index contributed by atoms with van der Waals surface area (Å²) >= 11 is 0. The maximum absolute atomic E-state index is 13.5. The number of allylic oxidation sites excluding steroid dienone is 1. The monoisotopic (exact) mass is 490 g/mol. The van der Waals surface area contributed by atoms with Gasteiger partial charge in [0.15, 0.2) is 12.4 Å². The summed E-state index contributed by atoms with van der Waals surface area (Å²) in [5.41, 5.74) is -2.40. The number of aldehydes is 1. The summed E-state index contributed by atoms with van der Waals surface area (Å²) in [5, 5.41) is 32.3. The number of aliphatic hydroxyl groups is 2. The van der Waals surface area contributed by atoms with E-state index in [1.807, 2.05) is 13.8 Å². The highest BCUT2D eigenvalue weighted by Crippen LogP contribution is 2.82. The Morgan fingerprint density at radius 3 is 2.66 bits per heavy atom. The molecule has 9 nitrogen and oxygen atoms in total. The Morgan fingerprint density at radius 1 is 1.23 bits per heavy atom. The van der Waals surface area contributed by atoms with Crippen LogP contribution in [0.2, 0.25) is 0 Å². The Kier molecular flexibility index (Phi) is 4.39. The van der Waals surface area contributed by atoms with Crippen molar-refractivity contribution in [2.75, 3.05) is 6.61 Å². The largest absolute Gasteiger partial charge is 0.481 e. The molecule has 9 heteroatoms. The molecule has 7 fully saturated rings. The molecule has 8 bridgehead atoms. The first kappa shape index (κ1) is 22.8. The molecule has 8 aliphatic rings. The summed E-state index contributed by atoms with van der Waals surface area (Å²) < 4.78 is 23.6. The number of carbonyl (C=O) groups is 2. The van der Waals surface area contributed by atoms with Gasteiger partial charge in [-0.2, -0.15) is 0 Å². The van der Waals surface area contributed by atoms with Gasteiger partial charge in [0.2, 0.25) is 0 Å². The molecule has 13 atom stereocenters. The van der Waals surface area contributed by atoms with E-state index in [-0.39, 0.29) is 30.3 Å². The van der Waals surface area contributed by atoms with Crippen LogP contribution < -0.4 is 0 Å². The Labute approximate surface area is 203 Å². The highest BCUT2D eigenvalue weighted by molar-refractivity contribution is 5.90. The summed E-state index contributed by atoms with van der Waals surface area (Å²) in [6, 6.07) is 0. The number of aliphatic hydroxyl groups excluding tert-OH is 2. The lowest BCUT2D eigenvalue weighted by Crippen LogP contribution is -2.66. The van der Waals surface area contributed by atoms with Gasteiger partial charge in [0.05, 0.1) is 12.0 Å². The molecular formula is C26H34O9. The fourth-order valence-electron chi connectivity index (χ4n) is 9.88. The predicted octanol–water partition coefficient (Wildman–Crippen LogP) is 1.46. The van der Waals surface area contributed by atoms with Gasteiger partial charge < -0.3 is 34.3 Å². The zero-order chi connectivity index (χ0) is 24.7. The molecule has 0 radical (unpaired) electrons. The molecule has 4 saturated heterocycles. The van der Waals surface area contributed by atoms with Gasteiger partial charge in [0, 0.05) is 5.41 Å². The van der Waals surface area contributed by atoms with Crippen molar-refractivity contribution in [2.45, 2.75) is 83.1 Å². The van der Waals surface area contributed by atoms with E-state index in [1.165, 1.54) is 0 Å². The second-order valence-corrected chi connectivity index (χ2v) is 12.5. The van der Waals surface area contributed by atoms with E-state index in [1.54, 1.807) is 0 Å². The zero-order valence-corrected chi connectivity index (χ0v) is 20.3. The van der Waals surface area contributed by atoms with Gasteiger partial charge in [0.1, 0.15) is 30.0 Å². The number of aliphatic carboxylic acids is 1. The Bertz CT molecular complexity index is 1030. The molecule has 192 valence electrons. The SMILES string of the molecule is CC(C)C1=CC2CC3(C=O)C4CCC(C)C4CC2(COC24OC5OC(C(O)C5O2)C4O)C13C(=O)O. The minimum absolute atomic E-state index is 0.0263. The van der Waals surface area contributed by atoms with Crippen LogP contribution in [-0.4, -0.2) is 70.9 Å². The zero-order valence-electron chi connectivity index (χ0n) is 20.3. The first-order valence-corrected chi connectivity index (χ1v) is 13.0. The van der Waals surface area contributed by atoms with Gasteiger partial charge >= 0.3 is 11.9 Å². The lowest BCUT2D eigenvalue weighted by atomic mass is 9.43. The Morgan fingerprint density at radius 2 is 2.00 bits per heavy atom. The van der Waals surface area contributed by atoms with Crippen molar-refractivity contribution < 1.29 is 43.9 Å². The van der Waals surface area contributed by atoms with Crippen LogP contribution in [0.4, 0.5) is 0 Å². The number of hydrogen-bond donors (Lipinski definition) is 3. The van der Waals surface area contributed by atoms with Crippen molar-refractivity contribution in [2.24, 2.45) is 45.8 Å². The molecule has 4 heterocycles. The van der Waals surface area contributed by atoms with Crippen LogP contribution in [0.5, 0.6) is 0 Å². The number of fused-ring (bicyclic) bond motifs is 2. The highest BCUT2D eigenvalue weighted by atomic mass is 17.0. The summed E-state index contributed by atoms with van der Waals surface area (Å²) in [6.45, 7) is 6.18. The highest BCUT2D eigenvalue weighted by Gasteiger charge is 2.85. The van der Waals surface area contributed by atoms with Crippen molar-refractivity contribution in [3.05, 3.63) is 11.6 Å². The quantitative estimate of drug-likeness (QED) is 0.374. The van der Waals surface area contributed by atoms with Gasteiger partial charge in [-0.25, -0.2) is 0 Å². The van der Waals surface area contributed by atoms with E-state index >= 15 is 0 Å². The molecule has 0 spiro atoms. The third-order valence-corrected chi connectivity index (χ3v) is 11.1. The average molecular weight is 491 g/mol. The topological polar surface area (TPSA) is 132 Å². The van der Waals surface area contributed by atoms with Crippen molar-refractivity contribution in [3.63, 3.8) is 0 Å².